The summed E-state index contributed by atoms with van der Waals surface area (Å²) in [7, 11) is 1.24. The van der Waals surface area contributed by atoms with Crippen LogP contribution in [0.2, 0.25) is 0 Å². The number of nitrogens with one attached hydrogen (secondary N) is 4. The summed E-state index contributed by atoms with van der Waals surface area (Å²) in [4.78, 5) is 86.9. The highest BCUT2D eigenvalue weighted by atomic mass is 16.5. The number of carbonyl (C=O) groups is 7. The smallest absolute Gasteiger partial charge is 0.330 e. The molecule has 6 amide bonds. The summed E-state index contributed by atoms with van der Waals surface area (Å²) >= 11 is 0. The average molecular weight is 611 g/mol. The van der Waals surface area contributed by atoms with Crippen molar-refractivity contribution >= 4 is 41.4 Å². The lowest BCUT2D eigenvalue weighted by Gasteiger charge is -2.25. The monoisotopic (exact) mass is 610 g/mol. The number of nitrogens with two attached hydrogens (primary N) is 2. The van der Waals surface area contributed by atoms with Gasteiger partial charge in [-0.3, -0.25) is 34.1 Å². The maximum atomic E-state index is 13.2. The summed E-state index contributed by atoms with van der Waals surface area (Å²) in [5.41, 5.74) is 10.8. The molecule has 0 spiro atoms. The van der Waals surface area contributed by atoms with E-state index in [1.807, 2.05) is 27.7 Å². The molecule has 0 aliphatic heterocycles. The molecule has 0 bridgehead atoms. The average Bonchev–Trinajstić information content (AvgIpc) is 2.90. The fraction of sp³-hybridized carbons (Fsp3) is 0.690. The lowest BCUT2D eigenvalue weighted by Crippen LogP contribution is -2.55. The molecule has 244 valence electrons. The van der Waals surface area contributed by atoms with Gasteiger partial charge in [0.05, 0.1) is 13.7 Å². The van der Waals surface area contributed by atoms with E-state index in [9.17, 15) is 33.6 Å². The van der Waals surface area contributed by atoms with Crippen molar-refractivity contribution in [3.8, 4) is 0 Å². The number of methoxy groups -OCH3 is 1. The van der Waals surface area contributed by atoms with Crippen LogP contribution in [0.15, 0.2) is 12.2 Å². The SMILES string of the molecule is COC(=O)/C=C/[C@H](CC(C)C)NC(=O)CC[C@H](NC(=O)[C@H](CC(C)C)NC(=O)[C@H](CC(C)C)C(=O)NC(=O)CN)C(N)=O. The van der Waals surface area contributed by atoms with Gasteiger partial charge < -0.3 is 32.2 Å². The van der Waals surface area contributed by atoms with Gasteiger partial charge in [0.15, 0.2) is 0 Å². The van der Waals surface area contributed by atoms with Crippen LogP contribution in [0.4, 0.5) is 0 Å². The Balaban J connectivity index is 5.60. The molecule has 0 saturated carbocycles. The zero-order valence-corrected chi connectivity index (χ0v) is 26.4. The van der Waals surface area contributed by atoms with Crippen LogP contribution in [0.5, 0.6) is 0 Å². The molecule has 0 fully saturated rings. The van der Waals surface area contributed by atoms with Crippen molar-refractivity contribution in [1.29, 1.82) is 0 Å². The minimum Gasteiger partial charge on any atom is -0.466 e. The van der Waals surface area contributed by atoms with E-state index in [0.29, 0.717) is 6.42 Å². The number of esters is 1. The number of primary amides is 1. The van der Waals surface area contributed by atoms with Gasteiger partial charge in [-0.25, -0.2) is 4.79 Å². The number of carbonyl (C=O) groups excluding carboxylic acids is 7. The zero-order chi connectivity index (χ0) is 33.3. The summed E-state index contributed by atoms with van der Waals surface area (Å²) in [6.07, 6.45) is 3.28. The molecule has 0 aromatic heterocycles. The van der Waals surface area contributed by atoms with Crippen molar-refractivity contribution in [3.05, 3.63) is 12.2 Å². The second kappa shape index (κ2) is 20.2. The first-order valence-corrected chi connectivity index (χ1v) is 14.5. The molecule has 4 atom stereocenters. The number of amides is 6. The van der Waals surface area contributed by atoms with Crippen LogP contribution in [-0.4, -0.2) is 73.2 Å². The highest BCUT2D eigenvalue weighted by Crippen LogP contribution is 2.15. The molecular formula is C29H50N6O8. The van der Waals surface area contributed by atoms with Crippen molar-refractivity contribution in [2.75, 3.05) is 13.7 Å². The number of rotatable bonds is 19. The van der Waals surface area contributed by atoms with Crippen LogP contribution in [0, 0.1) is 23.7 Å². The highest BCUT2D eigenvalue weighted by Gasteiger charge is 2.33. The van der Waals surface area contributed by atoms with E-state index in [0.717, 1.165) is 0 Å². The molecule has 0 heterocycles. The largest absolute Gasteiger partial charge is 0.466 e. The first-order chi connectivity index (χ1) is 20.0. The van der Waals surface area contributed by atoms with Crippen LogP contribution < -0.4 is 32.7 Å². The molecule has 0 saturated heterocycles. The van der Waals surface area contributed by atoms with Crippen molar-refractivity contribution in [3.63, 3.8) is 0 Å². The molecule has 8 N–H and O–H groups in total. The predicted molar refractivity (Wildman–Crippen MR) is 159 cm³/mol. The fourth-order valence-electron chi connectivity index (χ4n) is 4.12. The van der Waals surface area contributed by atoms with Gasteiger partial charge in [-0.1, -0.05) is 47.6 Å². The van der Waals surface area contributed by atoms with E-state index in [1.165, 1.54) is 19.3 Å². The predicted octanol–water partition coefficient (Wildman–Crippen LogP) is -0.208. The number of ether oxygens (including phenoxy) is 1. The fourth-order valence-corrected chi connectivity index (χ4v) is 4.12. The Morgan fingerprint density at radius 1 is 0.721 bits per heavy atom. The normalized spacial score (nSPS) is 14.1. The Labute approximate surface area is 253 Å². The minimum absolute atomic E-state index is 0.0685. The number of imide groups is 1. The van der Waals surface area contributed by atoms with Gasteiger partial charge in [0, 0.05) is 18.5 Å². The topological polar surface area (TPSA) is 229 Å². The van der Waals surface area contributed by atoms with Crippen LogP contribution >= 0.6 is 0 Å². The Kier molecular flexibility index (Phi) is 18.4. The maximum absolute atomic E-state index is 13.2. The lowest BCUT2D eigenvalue weighted by atomic mass is 9.94. The Morgan fingerprint density at radius 2 is 1.28 bits per heavy atom. The molecule has 0 radical (unpaired) electrons. The van der Waals surface area contributed by atoms with Crippen LogP contribution in [0.3, 0.4) is 0 Å². The first-order valence-electron chi connectivity index (χ1n) is 14.5. The summed E-state index contributed by atoms with van der Waals surface area (Å²) in [6, 6.07) is -2.82. The van der Waals surface area contributed by atoms with Gasteiger partial charge >= 0.3 is 5.97 Å². The van der Waals surface area contributed by atoms with Crippen molar-refractivity contribution in [2.24, 2.45) is 35.1 Å². The molecular weight excluding hydrogens is 560 g/mol. The molecule has 0 aromatic rings. The number of hydrogen-bond donors (Lipinski definition) is 6. The second-order valence-electron chi connectivity index (χ2n) is 11.7. The number of hydrogen-bond acceptors (Lipinski definition) is 9. The molecule has 14 nitrogen and oxygen atoms in total. The van der Waals surface area contributed by atoms with Crippen molar-refractivity contribution < 1.29 is 38.3 Å². The molecule has 43 heavy (non-hydrogen) atoms. The molecule has 14 heteroatoms. The molecule has 0 rings (SSSR count). The second-order valence-corrected chi connectivity index (χ2v) is 11.7. The molecule has 0 unspecified atom stereocenters. The van der Waals surface area contributed by atoms with Crippen molar-refractivity contribution in [2.45, 2.75) is 91.8 Å². The van der Waals surface area contributed by atoms with E-state index < -0.39 is 72.0 Å². The van der Waals surface area contributed by atoms with Crippen molar-refractivity contribution in [1.82, 2.24) is 21.3 Å². The summed E-state index contributed by atoms with van der Waals surface area (Å²) < 4.78 is 4.59. The van der Waals surface area contributed by atoms with Crippen LogP contribution in [-0.2, 0) is 38.3 Å². The third kappa shape index (κ3) is 17.0. The van der Waals surface area contributed by atoms with Crippen LogP contribution in [0.25, 0.3) is 0 Å². The summed E-state index contributed by atoms with van der Waals surface area (Å²) in [6.45, 7) is 10.7. The van der Waals surface area contributed by atoms with E-state index in [2.05, 4.69) is 26.0 Å². The van der Waals surface area contributed by atoms with E-state index in [1.54, 1.807) is 13.8 Å². The Morgan fingerprint density at radius 3 is 1.77 bits per heavy atom. The van der Waals surface area contributed by atoms with E-state index in [4.69, 9.17) is 11.5 Å². The quantitative estimate of drug-likeness (QED) is 0.0645. The zero-order valence-electron chi connectivity index (χ0n) is 26.4. The van der Waals surface area contributed by atoms with Gasteiger partial charge in [0.2, 0.25) is 35.4 Å². The Hall–Kier alpha value is -3.81. The maximum Gasteiger partial charge on any atom is 0.330 e. The van der Waals surface area contributed by atoms with Crippen LogP contribution in [0.1, 0.15) is 73.6 Å². The van der Waals surface area contributed by atoms with E-state index in [-0.39, 0.29) is 43.4 Å². The van der Waals surface area contributed by atoms with Gasteiger partial charge in [-0.2, -0.15) is 0 Å². The third-order valence-corrected chi connectivity index (χ3v) is 6.19. The minimum atomic E-state index is -1.26. The Bertz CT molecular complexity index is 1010. The molecule has 0 aliphatic carbocycles. The standard InChI is InChI=1S/C29H50N6O8/c1-16(2)12-19(8-11-25(38)43-7)32-23(36)10-9-21(26(31)39)33-29(42)22(14-18(5)6)34-27(40)20(13-17(3)4)28(41)35-24(37)15-30/h8,11,16-22H,9-10,12-15,30H2,1-7H3,(H2,31,39)(H,32,36)(H,33,42)(H,34,40)(H,35,37,41)/b11-8+/t19-,20+,21+,22+/m1/s1. The van der Waals surface area contributed by atoms with Gasteiger partial charge in [0.1, 0.15) is 18.0 Å². The summed E-state index contributed by atoms with van der Waals surface area (Å²) in [5.74, 6) is -6.15. The van der Waals surface area contributed by atoms with Gasteiger partial charge in [0.25, 0.3) is 0 Å². The third-order valence-electron chi connectivity index (χ3n) is 6.19. The van der Waals surface area contributed by atoms with Gasteiger partial charge in [-0.15, -0.1) is 0 Å². The summed E-state index contributed by atoms with van der Waals surface area (Å²) in [5, 5.41) is 9.95. The first kappa shape index (κ1) is 39.2. The molecule has 0 aromatic carbocycles. The molecule has 0 aliphatic rings. The highest BCUT2D eigenvalue weighted by molar-refractivity contribution is 6.07. The lowest BCUT2D eigenvalue weighted by molar-refractivity contribution is -0.140. The van der Waals surface area contributed by atoms with E-state index >= 15 is 0 Å². The van der Waals surface area contributed by atoms with Gasteiger partial charge in [-0.05, 0) is 43.4 Å².